The molecule has 0 bridgehead atoms. The molecule has 1 heterocycles. The maximum absolute atomic E-state index is 4.82. The van der Waals surface area contributed by atoms with Crippen LogP contribution in [-0.4, -0.2) is 10.2 Å². The molecule has 4 heteroatoms. The first-order valence-electron chi connectivity index (χ1n) is 2.86. The van der Waals surface area contributed by atoms with E-state index in [0.717, 1.165) is 11.3 Å². The van der Waals surface area contributed by atoms with Crippen molar-refractivity contribution in [3.8, 4) is 0 Å². The molecular formula is C6H9N3O. The smallest absolute Gasteiger partial charge is 0.116 e. The first-order chi connectivity index (χ1) is 4.84. The van der Waals surface area contributed by atoms with Crippen LogP contribution in [0.25, 0.3) is 5.57 Å². The van der Waals surface area contributed by atoms with Gasteiger partial charge in [-0.05, 0) is 13.0 Å². The highest BCUT2D eigenvalue weighted by Crippen LogP contribution is 2.07. The number of nitrogens with one attached hydrogen (secondary N) is 1. The fraction of sp³-hybridized carbons (Fsp3) is 0.167. The monoisotopic (exact) mass is 139 g/mol. The van der Waals surface area contributed by atoms with Gasteiger partial charge in [0.15, 0.2) is 0 Å². The fourth-order valence-electron chi connectivity index (χ4n) is 0.641. The number of H-pyrrole nitrogens is 1. The third-order valence-electron chi connectivity index (χ3n) is 1.17. The van der Waals surface area contributed by atoms with Crippen LogP contribution < -0.4 is 5.90 Å². The lowest BCUT2D eigenvalue weighted by molar-refractivity contribution is 0.262. The number of hydrogen-bond acceptors (Lipinski definition) is 3. The Balaban J connectivity index is 2.77. The van der Waals surface area contributed by atoms with E-state index in [1.54, 1.807) is 6.20 Å². The minimum Gasteiger partial charge on any atom is -0.419 e. The van der Waals surface area contributed by atoms with Crippen molar-refractivity contribution in [1.82, 2.24) is 10.2 Å². The molecule has 0 amide bonds. The molecule has 0 atom stereocenters. The Kier molecular flexibility index (Phi) is 2.07. The molecule has 0 unspecified atom stereocenters. The van der Waals surface area contributed by atoms with Gasteiger partial charge in [-0.3, -0.25) is 5.10 Å². The average molecular weight is 139 g/mol. The van der Waals surface area contributed by atoms with Gasteiger partial charge in [0.05, 0.1) is 5.69 Å². The van der Waals surface area contributed by atoms with Gasteiger partial charge in [0.1, 0.15) is 6.26 Å². The summed E-state index contributed by atoms with van der Waals surface area (Å²) >= 11 is 0. The van der Waals surface area contributed by atoms with Crippen molar-refractivity contribution in [3.05, 3.63) is 24.2 Å². The summed E-state index contributed by atoms with van der Waals surface area (Å²) in [7, 11) is 0. The van der Waals surface area contributed by atoms with Crippen LogP contribution in [0, 0.1) is 0 Å². The van der Waals surface area contributed by atoms with Gasteiger partial charge in [-0.2, -0.15) is 11.0 Å². The van der Waals surface area contributed by atoms with Crippen LogP contribution in [0.1, 0.15) is 12.6 Å². The zero-order chi connectivity index (χ0) is 7.40. The Morgan fingerprint density at radius 1 is 1.90 bits per heavy atom. The second-order valence-electron chi connectivity index (χ2n) is 1.91. The van der Waals surface area contributed by atoms with Crippen molar-refractivity contribution in [2.45, 2.75) is 6.92 Å². The topological polar surface area (TPSA) is 63.9 Å². The van der Waals surface area contributed by atoms with Crippen LogP contribution in [0.2, 0.25) is 0 Å². The second-order valence-corrected chi connectivity index (χ2v) is 1.91. The molecule has 0 aromatic carbocycles. The van der Waals surface area contributed by atoms with Crippen LogP contribution in [0.15, 0.2) is 18.5 Å². The summed E-state index contributed by atoms with van der Waals surface area (Å²) < 4.78 is 0. The van der Waals surface area contributed by atoms with Crippen molar-refractivity contribution < 1.29 is 4.84 Å². The SMILES string of the molecule is CC(=CON)c1ccn[nH]1. The minimum atomic E-state index is 0.908. The van der Waals surface area contributed by atoms with E-state index >= 15 is 0 Å². The molecule has 0 saturated carbocycles. The lowest BCUT2D eigenvalue weighted by atomic mass is 10.2. The van der Waals surface area contributed by atoms with Crippen LogP contribution >= 0.6 is 0 Å². The highest BCUT2D eigenvalue weighted by Gasteiger charge is 1.94. The van der Waals surface area contributed by atoms with Gasteiger partial charge < -0.3 is 4.84 Å². The van der Waals surface area contributed by atoms with E-state index in [1.807, 2.05) is 13.0 Å². The Hall–Kier alpha value is -1.29. The number of hydrogen-bond donors (Lipinski definition) is 2. The van der Waals surface area contributed by atoms with E-state index in [9.17, 15) is 0 Å². The maximum Gasteiger partial charge on any atom is 0.116 e. The Labute approximate surface area is 58.6 Å². The zero-order valence-electron chi connectivity index (χ0n) is 5.66. The molecule has 1 rings (SSSR count). The van der Waals surface area contributed by atoms with Crippen LogP contribution in [0.4, 0.5) is 0 Å². The normalized spacial score (nSPS) is 11.6. The Morgan fingerprint density at radius 3 is 3.20 bits per heavy atom. The molecule has 0 radical (unpaired) electrons. The highest BCUT2D eigenvalue weighted by molar-refractivity contribution is 5.58. The summed E-state index contributed by atoms with van der Waals surface area (Å²) in [4.78, 5) is 4.32. The van der Waals surface area contributed by atoms with Crippen molar-refractivity contribution in [2.75, 3.05) is 0 Å². The van der Waals surface area contributed by atoms with Gasteiger partial charge in [-0.1, -0.05) is 0 Å². The molecule has 1 aromatic rings. The summed E-state index contributed by atoms with van der Waals surface area (Å²) in [6, 6.07) is 1.84. The Bertz CT molecular complexity index is 215. The molecular weight excluding hydrogens is 130 g/mol. The summed E-state index contributed by atoms with van der Waals surface area (Å²) in [5.74, 6) is 4.82. The van der Waals surface area contributed by atoms with Gasteiger partial charge in [0, 0.05) is 11.8 Å². The molecule has 0 spiro atoms. The lowest BCUT2D eigenvalue weighted by Crippen LogP contribution is -1.90. The molecule has 0 fully saturated rings. The van der Waals surface area contributed by atoms with Gasteiger partial charge >= 0.3 is 0 Å². The summed E-state index contributed by atoms with van der Waals surface area (Å²) in [5, 5.41) is 6.53. The third-order valence-corrected chi connectivity index (χ3v) is 1.17. The molecule has 4 nitrogen and oxygen atoms in total. The largest absolute Gasteiger partial charge is 0.419 e. The van der Waals surface area contributed by atoms with Crippen LogP contribution in [0.5, 0.6) is 0 Å². The molecule has 54 valence electrons. The summed E-state index contributed by atoms with van der Waals surface area (Å²) in [5.41, 5.74) is 1.82. The van der Waals surface area contributed by atoms with E-state index in [0.29, 0.717) is 0 Å². The third kappa shape index (κ3) is 1.35. The number of aromatic nitrogens is 2. The van der Waals surface area contributed by atoms with E-state index in [2.05, 4.69) is 15.0 Å². The molecule has 10 heavy (non-hydrogen) atoms. The van der Waals surface area contributed by atoms with Gasteiger partial charge in [-0.25, -0.2) is 0 Å². The van der Waals surface area contributed by atoms with E-state index in [-0.39, 0.29) is 0 Å². The quantitative estimate of drug-likeness (QED) is 0.467. The zero-order valence-corrected chi connectivity index (χ0v) is 5.66. The second kappa shape index (κ2) is 3.03. The van der Waals surface area contributed by atoms with E-state index < -0.39 is 0 Å². The molecule has 0 aliphatic carbocycles. The van der Waals surface area contributed by atoms with Crippen molar-refractivity contribution in [2.24, 2.45) is 5.90 Å². The van der Waals surface area contributed by atoms with Gasteiger partial charge in [0.2, 0.25) is 0 Å². The van der Waals surface area contributed by atoms with Crippen molar-refractivity contribution >= 4 is 5.57 Å². The lowest BCUT2D eigenvalue weighted by Gasteiger charge is -1.93. The molecule has 0 aliphatic heterocycles. The van der Waals surface area contributed by atoms with Gasteiger partial charge in [0.25, 0.3) is 0 Å². The first-order valence-corrected chi connectivity index (χ1v) is 2.86. The maximum atomic E-state index is 4.82. The number of aromatic amines is 1. The predicted octanol–water partition coefficient (Wildman–Crippen LogP) is 0.661. The molecule has 1 aromatic heterocycles. The van der Waals surface area contributed by atoms with E-state index in [4.69, 9.17) is 5.90 Å². The Morgan fingerprint density at radius 2 is 2.70 bits per heavy atom. The predicted molar refractivity (Wildman–Crippen MR) is 37.5 cm³/mol. The number of rotatable bonds is 2. The number of nitrogens with zero attached hydrogens (tertiary/aromatic N) is 1. The number of allylic oxidation sites excluding steroid dienone is 1. The molecule has 3 N–H and O–H groups in total. The summed E-state index contributed by atoms with van der Waals surface area (Å²) in [6.45, 7) is 1.88. The van der Waals surface area contributed by atoms with Crippen LogP contribution in [0.3, 0.4) is 0 Å². The fourth-order valence-corrected chi connectivity index (χ4v) is 0.641. The van der Waals surface area contributed by atoms with Crippen LogP contribution in [-0.2, 0) is 4.84 Å². The van der Waals surface area contributed by atoms with Gasteiger partial charge in [-0.15, -0.1) is 0 Å². The average Bonchev–Trinajstić information content (AvgIpc) is 2.38. The van der Waals surface area contributed by atoms with Crippen molar-refractivity contribution in [1.29, 1.82) is 0 Å². The van der Waals surface area contributed by atoms with Crippen molar-refractivity contribution in [3.63, 3.8) is 0 Å². The standard InChI is InChI=1S/C6H9N3O/c1-5(4-10-7)6-2-3-8-9-6/h2-4H,7H2,1H3,(H,8,9). The number of nitrogens with two attached hydrogens (primary N) is 1. The van der Waals surface area contributed by atoms with E-state index in [1.165, 1.54) is 6.26 Å². The first kappa shape index (κ1) is 6.82. The molecule has 0 aliphatic rings. The highest BCUT2D eigenvalue weighted by atomic mass is 16.6. The summed E-state index contributed by atoms with van der Waals surface area (Å²) in [6.07, 6.45) is 3.12. The minimum absolute atomic E-state index is 0.908. The molecule has 0 saturated heterocycles.